The molecule has 0 amide bonds. The Morgan fingerprint density at radius 1 is 1.67 bits per heavy atom. The van der Waals surface area contributed by atoms with Gasteiger partial charge in [-0.3, -0.25) is 4.21 Å². The average Bonchev–Trinajstić information content (AvgIpc) is 1.94. The number of rotatable bonds is 1. The fourth-order valence-corrected chi connectivity index (χ4v) is 1.71. The molecule has 60 valence electrons. The largest absolute Gasteiger partial charge is 1.00 e. The first kappa shape index (κ1) is 13.0. The summed E-state index contributed by atoms with van der Waals surface area (Å²) >= 11 is 6.21. The SMILES string of the molecule is O=S([O-])c1cc(Br)cnc1Cl.[Na+]. The summed E-state index contributed by atoms with van der Waals surface area (Å²) in [5.74, 6) is 0. The smallest absolute Gasteiger partial charge is 0.768 e. The quantitative estimate of drug-likeness (QED) is 0.366. The zero-order valence-corrected chi connectivity index (χ0v) is 11.2. The number of halogens is 2. The maximum Gasteiger partial charge on any atom is 1.00 e. The summed E-state index contributed by atoms with van der Waals surface area (Å²) in [6, 6.07) is 1.39. The molecule has 0 bridgehead atoms. The standard InChI is InChI=1S/C5H3BrClNO2S.Na/c6-3-1-4(11(9)10)5(7)8-2-3;/h1-2H,(H,9,10);/q;+1/p-1. The minimum atomic E-state index is -2.33. The van der Waals surface area contributed by atoms with Crippen molar-refractivity contribution in [3.05, 3.63) is 21.9 Å². The van der Waals surface area contributed by atoms with Crippen LogP contribution in [0.5, 0.6) is 0 Å². The first-order valence-electron chi connectivity index (χ1n) is 2.51. The van der Waals surface area contributed by atoms with Crippen LogP contribution in [0.3, 0.4) is 0 Å². The third-order valence-corrected chi connectivity index (χ3v) is 2.47. The van der Waals surface area contributed by atoms with E-state index in [0.29, 0.717) is 4.47 Å². The van der Waals surface area contributed by atoms with Crippen molar-refractivity contribution >= 4 is 38.6 Å². The summed E-state index contributed by atoms with van der Waals surface area (Å²) in [6.45, 7) is 0. The Balaban J connectivity index is 0.00000121. The molecule has 1 aromatic heterocycles. The molecule has 0 aliphatic heterocycles. The molecule has 0 radical (unpaired) electrons. The van der Waals surface area contributed by atoms with Gasteiger partial charge in [-0.15, -0.1) is 0 Å². The molecule has 1 rings (SSSR count). The molecule has 0 aliphatic carbocycles. The van der Waals surface area contributed by atoms with Crippen molar-refractivity contribution in [1.29, 1.82) is 0 Å². The van der Waals surface area contributed by atoms with Crippen LogP contribution in [-0.2, 0) is 11.1 Å². The van der Waals surface area contributed by atoms with E-state index < -0.39 is 11.1 Å². The van der Waals surface area contributed by atoms with Crippen LogP contribution in [0.4, 0.5) is 0 Å². The van der Waals surface area contributed by atoms with Gasteiger partial charge in [0, 0.05) is 10.7 Å². The van der Waals surface area contributed by atoms with Gasteiger partial charge in [-0.05, 0) is 33.1 Å². The molecule has 0 aromatic carbocycles. The molecular weight excluding hydrogens is 276 g/mol. The van der Waals surface area contributed by atoms with E-state index in [4.69, 9.17) is 11.6 Å². The van der Waals surface area contributed by atoms with Crippen LogP contribution in [-0.4, -0.2) is 13.7 Å². The van der Waals surface area contributed by atoms with Gasteiger partial charge in [-0.1, -0.05) is 11.6 Å². The zero-order valence-electron chi connectivity index (χ0n) is 6.08. The van der Waals surface area contributed by atoms with E-state index in [2.05, 4.69) is 20.9 Å². The Bertz CT molecular complexity index is 311. The van der Waals surface area contributed by atoms with E-state index in [1.165, 1.54) is 12.3 Å². The van der Waals surface area contributed by atoms with E-state index in [1.54, 1.807) is 0 Å². The first-order valence-corrected chi connectivity index (χ1v) is 4.76. The second-order valence-corrected chi connectivity index (χ2v) is 3.86. The maximum absolute atomic E-state index is 10.4. The van der Waals surface area contributed by atoms with E-state index >= 15 is 0 Å². The third-order valence-electron chi connectivity index (χ3n) is 0.953. The van der Waals surface area contributed by atoms with Gasteiger partial charge < -0.3 is 4.55 Å². The summed E-state index contributed by atoms with van der Waals surface area (Å²) < 4.78 is 21.4. The van der Waals surface area contributed by atoms with Crippen LogP contribution >= 0.6 is 27.5 Å². The maximum atomic E-state index is 10.4. The van der Waals surface area contributed by atoms with Gasteiger partial charge in [0.05, 0.1) is 4.90 Å². The molecule has 1 unspecified atom stereocenters. The minimum absolute atomic E-state index is 0. The molecule has 7 heteroatoms. The minimum Gasteiger partial charge on any atom is -0.768 e. The number of hydrogen-bond acceptors (Lipinski definition) is 3. The van der Waals surface area contributed by atoms with Gasteiger partial charge in [-0.25, -0.2) is 4.98 Å². The van der Waals surface area contributed by atoms with Crippen molar-refractivity contribution < 1.29 is 38.3 Å². The molecule has 3 nitrogen and oxygen atoms in total. The molecule has 0 aliphatic rings. The van der Waals surface area contributed by atoms with Crippen LogP contribution in [0.15, 0.2) is 21.6 Å². The van der Waals surface area contributed by atoms with Crippen LogP contribution in [0, 0.1) is 0 Å². The molecule has 12 heavy (non-hydrogen) atoms. The van der Waals surface area contributed by atoms with Gasteiger partial charge in [0.1, 0.15) is 5.15 Å². The predicted molar refractivity (Wildman–Crippen MR) is 44.1 cm³/mol. The number of hydrogen-bond donors (Lipinski definition) is 0. The van der Waals surface area contributed by atoms with Crippen LogP contribution in [0.1, 0.15) is 0 Å². The summed E-state index contributed by atoms with van der Waals surface area (Å²) in [6.07, 6.45) is 1.43. The monoisotopic (exact) mass is 277 g/mol. The Labute approximate surface area is 108 Å². The normalized spacial score (nSPS) is 11.9. The molecule has 0 saturated carbocycles. The summed E-state index contributed by atoms with van der Waals surface area (Å²) in [5, 5.41) is -0.0125. The zero-order chi connectivity index (χ0) is 8.43. The molecule has 1 heterocycles. The van der Waals surface area contributed by atoms with Gasteiger partial charge in [0.25, 0.3) is 0 Å². The van der Waals surface area contributed by atoms with Crippen molar-refractivity contribution in [2.24, 2.45) is 0 Å². The van der Waals surface area contributed by atoms with E-state index in [1.807, 2.05) is 0 Å². The second-order valence-electron chi connectivity index (χ2n) is 1.68. The Morgan fingerprint density at radius 2 is 2.25 bits per heavy atom. The molecule has 0 N–H and O–H groups in total. The second kappa shape index (κ2) is 5.70. The van der Waals surface area contributed by atoms with Gasteiger partial charge in [0.2, 0.25) is 0 Å². The molecule has 1 aromatic rings. The van der Waals surface area contributed by atoms with E-state index in [0.717, 1.165) is 0 Å². The summed E-state index contributed by atoms with van der Waals surface area (Å²) in [5.41, 5.74) is 0. The summed E-state index contributed by atoms with van der Waals surface area (Å²) in [7, 11) is 0. The molecular formula is C5H2BrClNNaO2S. The van der Waals surface area contributed by atoms with Crippen molar-refractivity contribution in [3.8, 4) is 0 Å². The van der Waals surface area contributed by atoms with Gasteiger partial charge >= 0.3 is 29.6 Å². The number of nitrogens with zero attached hydrogens (tertiary/aromatic N) is 1. The number of aromatic nitrogens is 1. The molecule has 0 saturated heterocycles. The Kier molecular flexibility index (Phi) is 6.18. The van der Waals surface area contributed by atoms with Crippen molar-refractivity contribution in [2.45, 2.75) is 4.90 Å². The van der Waals surface area contributed by atoms with E-state index in [-0.39, 0.29) is 39.6 Å². The van der Waals surface area contributed by atoms with Gasteiger partial charge in [0.15, 0.2) is 0 Å². The fourth-order valence-electron chi connectivity index (χ4n) is 0.521. The average molecular weight is 278 g/mol. The van der Waals surface area contributed by atoms with Crippen molar-refractivity contribution in [1.82, 2.24) is 4.98 Å². The predicted octanol–water partition coefficient (Wildman–Crippen LogP) is -1.26. The third kappa shape index (κ3) is 3.41. The van der Waals surface area contributed by atoms with Crippen molar-refractivity contribution in [2.75, 3.05) is 0 Å². The van der Waals surface area contributed by atoms with E-state index in [9.17, 15) is 8.76 Å². The Hall–Kier alpha value is 1.03. The molecule has 0 fully saturated rings. The molecule has 0 spiro atoms. The topological polar surface area (TPSA) is 53.0 Å². The van der Waals surface area contributed by atoms with Crippen LogP contribution < -0.4 is 29.6 Å². The van der Waals surface area contributed by atoms with Crippen molar-refractivity contribution in [3.63, 3.8) is 0 Å². The fraction of sp³-hybridized carbons (Fsp3) is 0. The van der Waals surface area contributed by atoms with Crippen LogP contribution in [0.25, 0.3) is 0 Å². The Morgan fingerprint density at radius 3 is 2.67 bits per heavy atom. The number of pyridine rings is 1. The first-order chi connectivity index (χ1) is 5.11. The molecule has 1 atom stereocenters. The van der Waals surface area contributed by atoms with Crippen LogP contribution in [0.2, 0.25) is 5.15 Å². The summed E-state index contributed by atoms with van der Waals surface area (Å²) in [4.78, 5) is 3.63. The van der Waals surface area contributed by atoms with Gasteiger partial charge in [-0.2, -0.15) is 0 Å².